The largest absolute Gasteiger partial charge is 0.330 e. The molecule has 2 N–H and O–H groups in total. The number of aromatic nitrogens is 1. The van der Waals surface area contributed by atoms with Gasteiger partial charge < -0.3 is 5.73 Å². The summed E-state index contributed by atoms with van der Waals surface area (Å²) >= 11 is 7.46. The van der Waals surface area contributed by atoms with E-state index in [1.165, 1.54) is 0 Å². The summed E-state index contributed by atoms with van der Waals surface area (Å²) in [7, 11) is 0. The second-order valence-corrected chi connectivity index (χ2v) is 4.48. The summed E-state index contributed by atoms with van der Waals surface area (Å²) in [6.07, 6.45) is 0.837. The van der Waals surface area contributed by atoms with Gasteiger partial charge in [0.05, 0.1) is 5.69 Å². The highest BCUT2D eigenvalue weighted by molar-refractivity contribution is 7.13. The summed E-state index contributed by atoms with van der Waals surface area (Å²) < 4.78 is 0. The van der Waals surface area contributed by atoms with Crippen molar-refractivity contribution in [2.45, 2.75) is 6.42 Å². The predicted molar refractivity (Wildman–Crippen MR) is 72.6 cm³/mol. The molecular formula is C11H12Cl2N2S. The fourth-order valence-electron chi connectivity index (χ4n) is 1.29. The molecule has 0 unspecified atom stereocenters. The van der Waals surface area contributed by atoms with Crippen molar-refractivity contribution in [1.82, 2.24) is 4.98 Å². The Morgan fingerprint density at radius 3 is 2.56 bits per heavy atom. The molecule has 86 valence electrons. The number of nitrogens with two attached hydrogens (primary N) is 1. The SMILES string of the molecule is Cl.NCCc1csc(-c2ccc(Cl)cc2)n1. The van der Waals surface area contributed by atoms with Crippen LogP contribution in [0.25, 0.3) is 10.6 Å². The zero-order chi connectivity index (χ0) is 10.7. The van der Waals surface area contributed by atoms with Crippen molar-refractivity contribution in [2.75, 3.05) is 6.54 Å². The van der Waals surface area contributed by atoms with Crippen molar-refractivity contribution in [1.29, 1.82) is 0 Å². The van der Waals surface area contributed by atoms with Crippen LogP contribution in [0.4, 0.5) is 0 Å². The predicted octanol–water partition coefficient (Wildman–Crippen LogP) is 3.39. The highest BCUT2D eigenvalue weighted by Crippen LogP contribution is 2.25. The number of halogens is 2. The molecule has 5 heteroatoms. The quantitative estimate of drug-likeness (QED) is 0.932. The standard InChI is InChI=1S/C11H11ClN2S.ClH/c12-9-3-1-8(2-4-9)11-14-10(5-6-13)7-15-11;/h1-4,7H,5-6,13H2;1H. The Balaban J connectivity index is 0.00000128. The summed E-state index contributed by atoms with van der Waals surface area (Å²) in [5.41, 5.74) is 7.64. The van der Waals surface area contributed by atoms with Crippen LogP contribution in [0.3, 0.4) is 0 Å². The van der Waals surface area contributed by atoms with Crippen molar-refractivity contribution in [3.63, 3.8) is 0 Å². The average Bonchev–Trinajstić information content (AvgIpc) is 2.68. The van der Waals surface area contributed by atoms with Crippen LogP contribution in [-0.4, -0.2) is 11.5 Å². The van der Waals surface area contributed by atoms with E-state index in [0.29, 0.717) is 6.54 Å². The molecule has 0 aliphatic heterocycles. The highest BCUT2D eigenvalue weighted by Gasteiger charge is 2.03. The number of hydrogen-bond donors (Lipinski definition) is 1. The van der Waals surface area contributed by atoms with Gasteiger partial charge in [-0.1, -0.05) is 23.7 Å². The molecule has 1 heterocycles. The van der Waals surface area contributed by atoms with Crippen LogP contribution < -0.4 is 5.73 Å². The maximum absolute atomic E-state index is 5.82. The molecule has 0 atom stereocenters. The summed E-state index contributed by atoms with van der Waals surface area (Å²) in [6, 6.07) is 7.71. The molecular weight excluding hydrogens is 263 g/mol. The second kappa shape index (κ2) is 6.21. The molecule has 0 amide bonds. The molecule has 0 bridgehead atoms. The maximum Gasteiger partial charge on any atom is 0.123 e. The number of rotatable bonds is 3. The minimum atomic E-state index is 0. The molecule has 0 spiro atoms. The second-order valence-electron chi connectivity index (χ2n) is 3.19. The molecule has 2 aromatic rings. The van der Waals surface area contributed by atoms with Crippen LogP contribution >= 0.6 is 35.3 Å². The van der Waals surface area contributed by atoms with Gasteiger partial charge in [-0.2, -0.15) is 0 Å². The van der Waals surface area contributed by atoms with Crippen molar-refractivity contribution in [2.24, 2.45) is 5.73 Å². The number of nitrogens with zero attached hydrogens (tertiary/aromatic N) is 1. The van der Waals surface area contributed by atoms with Crippen LogP contribution in [0.2, 0.25) is 5.02 Å². The van der Waals surface area contributed by atoms with Crippen molar-refractivity contribution < 1.29 is 0 Å². The molecule has 2 rings (SSSR count). The van der Waals surface area contributed by atoms with Gasteiger partial charge in [-0.25, -0.2) is 4.98 Å². The van der Waals surface area contributed by atoms with Crippen molar-refractivity contribution in [3.05, 3.63) is 40.4 Å². The summed E-state index contributed by atoms with van der Waals surface area (Å²) in [5.74, 6) is 0. The Morgan fingerprint density at radius 1 is 1.25 bits per heavy atom. The zero-order valence-corrected chi connectivity index (χ0v) is 10.9. The van der Waals surface area contributed by atoms with E-state index >= 15 is 0 Å². The molecule has 0 saturated heterocycles. The summed E-state index contributed by atoms with van der Waals surface area (Å²) in [4.78, 5) is 4.50. The van der Waals surface area contributed by atoms with Crippen LogP contribution in [-0.2, 0) is 6.42 Å². The molecule has 16 heavy (non-hydrogen) atoms. The Kier molecular flexibility index (Phi) is 5.22. The van der Waals surface area contributed by atoms with Crippen molar-refractivity contribution >= 4 is 35.3 Å². The third-order valence-corrected chi connectivity index (χ3v) is 3.24. The lowest BCUT2D eigenvalue weighted by atomic mass is 10.2. The van der Waals surface area contributed by atoms with Crippen LogP contribution in [0.5, 0.6) is 0 Å². The van der Waals surface area contributed by atoms with Crippen LogP contribution in [0.15, 0.2) is 29.6 Å². The lowest BCUT2D eigenvalue weighted by Crippen LogP contribution is -2.02. The summed E-state index contributed by atoms with van der Waals surface area (Å²) in [6.45, 7) is 0.643. The molecule has 0 fully saturated rings. The Hall–Kier alpha value is -0.610. The molecule has 0 saturated carbocycles. The minimum absolute atomic E-state index is 0. The van der Waals surface area contributed by atoms with Crippen LogP contribution in [0.1, 0.15) is 5.69 Å². The Bertz CT molecular complexity index is 440. The van der Waals surface area contributed by atoms with Gasteiger partial charge in [0.15, 0.2) is 0 Å². The van der Waals surface area contributed by atoms with Gasteiger partial charge in [-0.05, 0) is 18.7 Å². The Labute approximate surface area is 110 Å². The van der Waals surface area contributed by atoms with E-state index in [2.05, 4.69) is 10.4 Å². The fourth-order valence-corrected chi connectivity index (χ4v) is 2.28. The molecule has 0 aliphatic carbocycles. The monoisotopic (exact) mass is 274 g/mol. The third kappa shape index (κ3) is 3.19. The molecule has 1 aromatic carbocycles. The summed E-state index contributed by atoms with van der Waals surface area (Å²) in [5, 5.41) is 3.82. The van der Waals surface area contributed by atoms with E-state index in [0.717, 1.165) is 27.7 Å². The van der Waals surface area contributed by atoms with Gasteiger partial charge in [-0.15, -0.1) is 23.7 Å². The van der Waals surface area contributed by atoms with E-state index < -0.39 is 0 Å². The fraction of sp³-hybridized carbons (Fsp3) is 0.182. The van der Waals surface area contributed by atoms with Gasteiger partial charge in [0.25, 0.3) is 0 Å². The molecule has 0 radical (unpaired) electrons. The number of hydrogen-bond acceptors (Lipinski definition) is 3. The van der Waals surface area contributed by atoms with Gasteiger partial charge in [-0.3, -0.25) is 0 Å². The molecule has 0 aliphatic rings. The first-order chi connectivity index (χ1) is 7.29. The molecule has 2 nitrogen and oxygen atoms in total. The van der Waals surface area contributed by atoms with E-state index in [9.17, 15) is 0 Å². The van der Waals surface area contributed by atoms with Gasteiger partial charge in [0.2, 0.25) is 0 Å². The zero-order valence-electron chi connectivity index (χ0n) is 8.52. The van der Waals surface area contributed by atoms with Gasteiger partial charge in [0, 0.05) is 22.4 Å². The number of thiazole rings is 1. The lowest BCUT2D eigenvalue weighted by Gasteiger charge is -1.95. The Morgan fingerprint density at radius 2 is 1.94 bits per heavy atom. The highest BCUT2D eigenvalue weighted by atomic mass is 35.5. The normalized spacial score (nSPS) is 9.88. The topological polar surface area (TPSA) is 38.9 Å². The third-order valence-electron chi connectivity index (χ3n) is 2.04. The smallest absolute Gasteiger partial charge is 0.123 e. The van der Waals surface area contributed by atoms with E-state index in [-0.39, 0.29) is 12.4 Å². The minimum Gasteiger partial charge on any atom is -0.330 e. The average molecular weight is 275 g/mol. The van der Waals surface area contributed by atoms with Crippen molar-refractivity contribution in [3.8, 4) is 10.6 Å². The van der Waals surface area contributed by atoms with Gasteiger partial charge >= 0.3 is 0 Å². The van der Waals surface area contributed by atoms with E-state index in [1.807, 2.05) is 24.3 Å². The number of benzene rings is 1. The van der Waals surface area contributed by atoms with E-state index in [4.69, 9.17) is 17.3 Å². The molecule has 1 aromatic heterocycles. The maximum atomic E-state index is 5.82. The van der Waals surface area contributed by atoms with Gasteiger partial charge in [0.1, 0.15) is 5.01 Å². The van der Waals surface area contributed by atoms with E-state index in [1.54, 1.807) is 11.3 Å². The van der Waals surface area contributed by atoms with Crippen LogP contribution in [0, 0.1) is 0 Å². The first-order valence-electron chi connectivity index (χ1n) is 4.70. The first kappa shape index (κ1) is 13.5. The first-order valence-corrected chi connectivity index (χ1v) is 5.96. The lowest BCUT2D eigenvalue weighted by molar-refractivity contribution is 0.936.